The highest BCUT2D eigenvalue weighted by atomic mass is 16.2. The Kier molecular flexibility index (Phi) is 5.89. The van der Waals surface area contributed by atoms with Crippen molar-refractivity contribution in [3.05, 3.63) is 23.9 Å². The summed E-state index contributed by atoms with van der Waals surface area (Å²) in [6.07, 6.45) is 6.91. The van der Waals surface area contributed by atoms with Gasteiger partial charge in [0, 0.05) is 38.9 Å². The molecule has 2 saturated heterocycles. The topological polar surface area (TPSA) is 65.5 Å². The van der Waals surface area contributed by atoms with Crippen LogP contribution in [0, 0.1) is 5.92 Å². The first-order valence-electron chi connectivity index (χ1n) is 9.47. The highest BCUT2D eigenvalue weighted by molar-refractivity contribution is 5.99. The van der Waals surface area contributed by atoms with E-state index in [0.29, 0.717) is 18.7 Å². The molecule has 1 aromatic rings. The zero-order valence-corrected chi connectivity index (χ0v) is 15.0. The van der Waals surface area contributed by atoms with Crippen LogP contribution in [0.4, 0.5) is 5.82 Å². The first-order chi connectivity index (χ1) is 12.2. The lowest BCUT2D eigenvalue weighted by Crippen LogP contribution is -2.44. The summed E-state index contributed by atoms with van der Waals surface area (Å²) in [6.45, 7) is 5.71. The molecule has 2 fully saturated rings. The molecule has 0 bridgehead atoms. The van der Waals surface area contributed by atoms with Crippen molar-refractivity contribution in [2.45, 2.75) is 39.0 Å². The molecule has 2 aliphatic heterocycles. The number of hydrogen-bond acceptors (Lipinski definition) is 4. The highest BCUT2D eigenvalue weighted by Crippen LogP contribution is 2.26. The lowest BCUT2D eigenvalue weighted by atomic mass is 9.96. The van der Waals surface area contributed by atoms with Crippen LogP contribution < -0.4 is 10.2 Å². The standard InChI is InChI=1S/C19H28N4O2/c1-2-20-18(24)15-8-7-13-23(14-15)17-16(9-6-10-21-17)19(25)22-11-4-3-5-12-22/h6,9-10,15H,2-5,7-8,11-14H2,1H3,(H,20,24)/t15-/m0/s1. The minimum Gasteiger partial charge on any atom is -0.356 e. The molecule has 3 rings (SSSR count). The molecule has 2 amide bonds. The van der Waals surface area contributed by atoms with E-state index in [9.17, 15) is 9.59 Å². The Morgan fingerprint density at radius 1 is 1.20 bits per heavy atom. The van der Waals surface area contributed by atoms with Crippen LogP contribution in [0.2, 0.25) is 0 Å². The zero-order valence-electron chi connectivity index (χ0n) is 15.0. The smallest absolute Gasteiger partial charge is 0.257 e. The van der Waals surface area contributed by atoms with E-state index in [1.54, 1.807) is 6.20 Å². The molecular formula is C19H28N4O2. The monoisotopic (exact) mass is 344 g/mol. The summed E-state index contributed by atoms with van der Waals surface area (Å²) in [6, 6.07) is 3.70. The fourth-order valence-corrected chi connectivity index (χ4v) is 3.79. The first-order valence-corrected chi connectivity index (χ1v) is 9.47. The number of aromatic nitrogens is 1. The SMILES string of the molecule is CCNC(=O)[C@H]1CCCN(c2ncccc2C(=O)N2CCCCC2)C1. The second-order valence-electron chi connectivity index (χ2n) is 6.91. The van der Waals surface area contributed by atoms with Gasteiger partial charge in [0.1, 0.15) is 5.82 Å². The average molecular weight is 344 g/mol. The Bertz CT molecular complexity index is 613. The van der Waals surface area contributed by atoms with E-state index in [-0.39, 0.29) is 17.7 Å². The first kappa shape index (κ1) is 17.7. The summed E-state index contributed by atoms with van der Waals surface area (Å²) in [4.78, 5) is 33.7. The average Bonchev–Trinajstić information content (AvgIpc) is 2.68. The predicted molar refractivity (Wildman–Crippen MR) is 97.6 cm³/mol. The third kappa shape index (κ3) is 4.11. The summed E-state index contributed by atoms with van der Waals surface area (Å²) in [5.74, 6) is 0.871. The van der Waals surface area contributed by atoms with Gasteiger partial charge in [-0.2, -0.15) is 0 Å². The van der Waals surface area contributed by atoms with E-state index in [1.807, 2.05) is 24.0 Å². The molecule has 0 aliphatic carbocycles. The van der Waals surface area contributed by atoms with Crippen LogP contribution in [0.25, 0.3) is 0 Å². The Morgan fingerprint density at radius 2 is 2.00 bits per heavy atom. The molecular weight excluding hydrogens is 316 g/mol. The van der Waals surface area contributed by atoms with Gasteiger partial charge in [-0.05, 0) is 51.2 Å². The van der Waals surface area contributed by atoms with Crippen molar-refractivity contribution in [1.29, 1.82) is 0 Å². The number of piperidine rings is 2. The van der Waals surface area contributed by atoms with Gasteiger partial charge in [-0.3, -0.25) is 9.59 Å². The fourth-order valence-electron chi connectivity index (χ4n) is 3.79. The van der Waals surface area contributed by atoms with Gasteiger partial charge in [0.25, 0.3) is 5.91 Å². The van der Waals surface area contributed by atoms with E-state index in [4.69, 9.17) is 0 Å². The number of nitrogens with one attached hydrogen (secondary N) is 1. The third-order valence-electron chi connectivity index (χ3n) is 5.10. The molecule has 0 spiro atoms. The lowest BCUT2D eigenvalue weighted by molar-refractivity contribution is -0.125. The minimum absolute atomic E-state index is 0.0337. The lowest BCUT2D eigenvalue weighted by Gasteiger charge is -2.34. The molecule has 1 N–H and O–H groups in total. The van der Waals surface area contributed by atoms with Crippen molar-refractivity contribution >= 4 is 17.6 Å². The molecule has 136 valence electrons. The molecule has 0 radical (unpaired) electrons. The van der Waals surface area contributed by atoms with Gasteiger partial charge in [0.15, 0.2) is 0 Å². The quantitative estimate of drug-likeness (QED) is 0.908. The molecule has 25 heavy (non-hydrogen) atoms. The van der Waals surface area contributed by atoms with Crippen LogP contribution in [0.15, 0.2) is 18.3 Å². The number of hydrogen-bond donors (Lipinski definition) is 1. The maximum Gasteiger partial charge on any atom is 0.257 e. The van der Waals surface area contributed by atoms with Crippen LogP contribution in [-0.2, 0) is 4.79 Å². The van der Waals surface area contributed by atoms with Crippen LogP contribution >= 0.6 is 0 Å². The Hall–Kier alpha value is -2.11. The number of likely N-dealkylation sites (tertiary alicyclic amines) is 1. The third-order valence-corrected chi connectivity index (χ3v) is 5.10. The van der Waals surface area contributed by atoms with Crippen LogP contribution in [0.3, 0.4) is 0 Å². The summed E-state index contributed by atoms with van der Waals surface area (Å²) in [5.41, 5.74) is 0.668. The predicted octanol–water partition coefficient (Wildman–Crippen LogP) is 2.06. The van der Waals surface area contributed by atoms with Crippen molar-refractivity contribution in [3.63, 3.8) is 0 Å². The Balaban J connectivity index is 1.77. The Morgan fingerprint density at radius 3 is 2.76 bits per heavy atom. The molecule has 0 saturated carbocycles. The normalized spacial score (nSPS) is 21.1. The van der Waals surface area contributed by atoms with Gasteiger partial charge < -0.3 is 15.1 Å². The number of carbonyl (C=O) groups is 2. The van der Waals surface area contributed by atoms with Crippen molar-refractivity contribution in [3.8, 4) is 0 Å². The number of pyridine rings is 1. The molecule has 1 aromatic heterocycles. The van der Waals surface area contributed by atoms with Crippen molar-refractivity contribution in [2.75, 3.05) is 37.6 Å². The second-order valence-corrected chi connectivity index (χ2v) is 6.91. The molecule has 0 aromatic carbocycles. The van der Waals surface area contributed by atoms with E-state index < -0.39 is 0 Å². The summed E-state index contributed by atoms with van der Waals surface area (Å²) < 4.78 is 0. The molecule has 6 heteroatoms. The number of amides is 2. The van der Waals surface area contributed by atoms with E-state index >= 15 is 0 Å². The van der Waals surface area contributed by atoms with Crippen LogP contribution in [0.5, 0.6) is 0 Å². The summed E-state index contributed by atoms with van der Waals surface area (Å²) in [5, 5.41) is 2.92. The fraction of sp³-hybridized carbons (Fsp3) is 0.632. The van der Waals surface area contributed by atoms with Gasteiger partial charge in [0.05, 0.1) is 11.5 Å². The van der Waals surface area contributed by atoms with Gasteiger partial charge in [-0.25, -0.2) is 4.98 Å². The molecule has 6 nitrogen and oxygen atoms in total. The summed E-state index contributed by atoms with van der Waals surface area (Å²) >= 11 is 0. The second kappa shape index (κ2) is 8.32. The minimum atomic E-state index is -0.0337. The molecule has 1 atom stereocenters. The molecule has 0 unspecified atom stereocenters. The van der Waals surface area contributed by atoms with Crippen molar-refractivity contribution < 1.29 is 9.59 Å². The van der Waals surface area contributed by atoms with Crippen LogP contribution in [0.1, 0.15) is 49.4 Å². The number of rotatable bonds is 4. The maximum absolute atomic E-state index is 13.0. The van der Waals surface area contributed by atoms with Gasteiger partial charge in [-0.1, -0.05) is 0 Å². The summed E-state index contributed by atoms with van der Waals surface area (Å²) in [7, 11) is 0. The number of carbonyl (C=O) groups excluding carboxylic acids is 2. The molecule has 3 heterocycles. The van der Waals surface area contributed by atoms with E-state index in [1.165, 1.54) is 6.42 Å². The van der Waals surface area contributed by atoms with Crippen LogP contribution in [-0.4, -0.2) is 54.4 Å². The van der Waals surface area contributed by atoms with E-state index in [0.717, 1.165) is 51.1 Å². The Labute approximate surface area is 149 Å². The maximum atomic E-state index is 13.0. The number of anilines is 1. The van der Waals surface area contributed by atoms with Crippen molar-refractivity contribution in [2.24, 2.45) is 5.92 Å². The molecule has 2 aliphatic rings. The zero-order chi connectivity index (χ0) is 17.6. The van der Waals surface area contributed by atoms with Gasteiger partial charge >= 0.3 is 0 Å². The largest absolute Gasteiger partial charge is 0.356 e. The number of nitrogens with zero attached hydrogens (tertiary/aromatic N) is 3. The van der Waals surface area contributed by atoms with Gasteiger partial charge in [0.2, 0.25) is 5.91 Å². The highest BCUT2D eigenvalue weighted by Gasteiger charge is 2.29. The van der Waals surface area contributed by atoms with Crippen molar-refractivity contribution in [1.82, 2.24) is 15.2 Å². The van der Waals surface area contributed by atoms with E-state index in [2.05, 4.69) is 15.2 Å². The van der Waals surface area contributed by atoms with Gasteiger partial charge in [-0.15, -0.1) is 0 Å².